The van der Waals surface area contributed by atoms with Gasteiger partial charge in [0, 0.05) is 26.4 Å². The van der Waals surface area contributed by atoms with Crippen LogP contribution in [0.3, 0.4) is 0 Å². The number of hydrogen-bond donors (Lipinski definition) is 0. The molecule has 0 aliphatic heterocycles. The Morgan fingerprint density at radius 1 is 0.667 bits per heavy atom. The van der Waals surface area contributed by atoms with E-state index in [0.717, 1.165) is 45.9 Å². The van der Waals surface area contributed by atoms with E-state index in [2.05, 4.69) is 41.5 Å². The fourth-order valence-corrected chi connectivity index (χ4v) is 1.28. The first-order valence-electron chi connectivity index (χ1n) is 7.00. The van der Waals surface area contributed by atoms with Crippen LogP contribution in [0.25, 0.3) is 0 Å². The molecule has 0 saturated heterocycles. The topological polar surface area (TPSA) is 27.7 Å². The van der Waals surface area contributed by atoms with Gasteiger partial charge in [-0.05, 0) is 39.0 Å². The van der Waals surface area contributed by atoms with Crippen molar-refractivity contribution in [1.82, 2.24) is 0 Å². The normalized spacial score (nSPS) is 13.0. The van der Waals surface area contributed by atoms with Crippen molar-refractivity contribution >= 4 is 0 Å². The summed E-state index contributed by atoms with van der Waals surface area (Å²) in [5, 5.41) is 0. The van der Waals surface area contributed by atoms with Crippen LogP contribution in [-0.4, -0.2) is 38.6 Å². The average Bonchev–Trinajstić information content (AvgIpc) is 2.17. The van der Waals surface area contributed by atoms with Gasteiger partial charge in [0.15, 0.2) is 0 Å². The summed E-state index contributed by atoms with van der Waals surface area (Å²) < 4.78 is 16.7. The Morgan fingerprint density at radius 2 is 1.17 bits per heavy atom. The summed E-state index contributed by atoms with van der Waals surface area (Å²) in [5.41, 5.74) is 0.214. The zero-order valence-electron chi connectivity index (χ0n) is 13.2. The van der Waals surface area contributed by atoms with Gasteiger partial charge in [-0.3, -0.25) is 0 Å². The van der Waals surface area contributed by atoms with E-state index in [0.29, 0.717) is 0 Å². The lowest BCUT2D eigenvalue weighted by molar-refractivity contribution is -0.0155. The second-order valence-electron chi connectivity index (χ2n) is 6.89. The van der Waals surface area contributed by atoms with Gasteiger partial charge in [0.05, 0.1) is 12.2 Å². The predicted octanol–water partition coefficient (Wildman–Crippen LogP) is 3.66. The maximum atomic E-state index is 5.61. The van der Waals surface area contributed by atoms with Crippen molar-refractivity contribution in [2.45, 2.75) is 60.0 Å². The third-order valence-corrected chi connectivity index (χ3v) is 2.08. The van der Waals surface area contributed by atoms with Crippen molar-refractivity contribution in [2.24, 2.45) is 5.41 Å². The smallest absolute Gasteiger partial charge is 0.0598 e. The zero-order chi connectivity index (χ0) is 14.1. The van der Waals surface area contributed by atoms with E-state index in [1.165, 1.54) is 0 Å². The van der Waals surface area contributed by atoms with E-state index >= 15 is 0 Å². The Labute approximate surface area is 113 Å². The number of rotatable bonds is 9. The minimum absolute atomic E-state index is 0.0409. The monoisotopic (exact) mass is 260 g/mol. The van der Waals surface area contributed by atoms with Crippen molar-refractivity contribution in [1.29, 1.82) is 0 Å². The number of hydrogen-bond acceptors (Lipinski definition) is 3. The predicted molar refractivity (Wildman–Crippen MR) is 76.0 cm³/mol. The van der Waals surface area contributed by atoms with E-state index in [1.54, 1.807) is 0 Å². The summed E-state index contributed by atoms with van der Waals surface area (Å²) >= 11 is 0. The lowest BCUT2D eigenvalue weighted by Gasteiger charge is -2.19. The molecule has 0 aromatic carbocycles. The lowest BCUT2D eigenvalue weighted by Crippen LogP contribution is -2.20. The fraction of sp³-hybridized carbons (Fsp3) is 1.00. The molecule has 0 fully saturated rings. The third-order valence-electron chi connectivity index (χ3n) is 2.08. The molecule has 0 spiro atoms. The van der Waals surface area contributed by atoms with Crippen LogP contribution in [-0.2, 0) is 14.2 Å². The Bertz CT molecular complexity index is 167. The molecule has 0 atom stereocenters. The second-order valence-corrected chi connectivity index (χ2v) is 6.89. The van der Waals surface area contributed by atoms with Crippen molar-refractivity contribution in [2.75, 3.05) is 33.0 Å². The van der Waals surface area contributed by atoms with Gasteiger partial charge in [-0.25, -0.2) is 0 Å². The average molecular weight is 260 g/mol. The Kier molecular flexibility index (Phi) is 8.83. The molecule has 3 heteroatoms. The minimum Gasteiger partial charge on any atom is -0.381 e. The Morgan fingerprint density at radius 3 is 1.67 bits per heavy atom. The maximum absolute atomic E-state index is 5.61. The van der Waals surface area contributed by atoms with E-state index in [9.17, 15) is 0 Å². The molecular weight excluding hydrogens is 228 g/mol. The minimum atomic E-state index is -0.0409. The van der Waals surface area contributed by atoms with Crippen LogP contribution in [0, 0.1) is 5.41 Å². The Hall–Kier alpha value is -0.120. The highest BCUT2D eigenvalue weighted by Gasteiger charge is 2.09. The standard InChI is InChI=1S/C15H32O3/c1-14(2,3)13-17-11-7-9-16-10-8-12-18-15(4,5)6/h7-13H2,1-6H3. The van der Waals surface area contributed by atoms with Gasteiger partial charge < -0.3 is 14.2 Å². The van der Waals surface area contributed by atoms with Gasteiger partial charge in [0.1, 0.15) is 0 Å². The molecule has 3 nitrogen and oxygen atoms in total. The van der Waals surface area contributed by atoms with Gasteiger partial charge in [-0.15, -0.1) is 0 Å². The molecule has 0 aromatic rings. The van der Waals surface area contributed by atoms with Crippen LogP contribution in [0.2, 0.25) is 0 Å². The van der Waals surface area contributed by atoms with Crippen molar-refractivity contribution in [3.63, 3.8) is 0 Å². The third kappa shape index (κ3) is 15.9. The van der Waals surface area contributed by atoms with Gasteiger partial charge >= 0.3 is 0 Å². The van der Waals surface area contributed by atoms with Crippen molar-refractivity contribution < 1.29 is 14.2 Å². The quantitative estimate of drug-likeness (QED) is 0.592. The van der Waals surface area contributed by atoms with E-state index < -0.39 is 0 Å². The Balaban J connectivity index is 3.13. The van der Waals surface area contributed by atoms with Crippen LogP contribution < -0.4 is 0 Å². The zero-order valence-corrected chi connectivity index (χ0v) is 13.2. The molecule has 0 amide bonds. The molecule has 0 N–H and O–H groups in total. The lowest BCUT2D eigenvalue weighted by atomic mass is 9.99. The highest BCUT2D eigenvalue weighted by Crippen LogP contribution is 2.12. The summed E-state index contributed by atoms with van der Waals surface area (Å²) in [4.78, 5) is 0. The molecule has 0 unspecified atom stereocenters. The van der Waals surface area contributed by atoms with E-state index in [1.807, 2.05) is 0 Å². The molecule has 0 aromatic heterocycles. The molecule has 0 bridgehead atoms. The first kappa shape index (κ1) is 17.9. The molecule has 18 heavy (non-hydrogen) atoms. The summed E-state index contributed by atoms with van der Waals surface area (Å²) in [6.07, 6.45) is 1.93. The molecule has 0 heterocycles. The highest BCUT2D eigenvalue weighted by atomic mass is 16.5. The summed E-state index contributed by atoms with van der Waals surface area (Å²) in [7, 11) is 0. The SMILES string of the molecule is CC(C)(C)COCCCOCCCOC(C)(C)C. The van der Waals surface area contributed by atoms with Gasteiger partial charge in [-0.1, -0.05) is 20.8 Å². The summed E-state index contributed by atoms with van der Waals surface area (Å²) in [6.45, 7) is 16.7. The largest absolute Gasteiger partial charge is 0.381 e. The molecule has 0 radical (unpaired) electrons. The van der Waals surface area contributed by atoms with Crippen LogP contribution >= 0.6 is 0 Å². The molecule has 110 valence electrons. The fourth-order valence-electron chi connectivity index (χ4n) is 1.28. The molecule has 0 aliphatic carbocycles. The highest BCUT2D eigenvalue weighted by molar-refractivity contribution is 4.59. The summed E-state index contributed by atoms with van der Waals surface area (Å²) in [5.74, 6) is 0. The van der Waals surface area contributed by atoms with Gasteiger partial charge in [0.25, 0.3) is 0 Å². The molecule has 0 rings (SSSR count). The van der Waals surface area contributed by atoms with Crippen LogP contribution in [0.4, 0.5) is 0 Å². The molecule has 0 saturated carbocycles. The van der Waals surface area contributed by atoms with Gasteiger partial charge in [0.2, 0.25) is 0 Å². The van der Waals surface area contributed by atoms with Crippen LogP contribution in [0.15, 0.2) is 0 Å². The maximum Gasteiger partial charge on any atom is 0.0598 e. The molecular formula is C15H32O3. The van der Waals surface area contributed by atoms with Crippen LogP contribution in [0.1, 0.15) is 54.4 Å². The van der Waals surface area contributed by atoms with E-state index in [-0.39, 0.29) is 11.0 Å². The second kappa shape index (κ2) is 8.89. The first-order chi connectivity index (χ1) is 8.21. The summed E-state index contributed by atoms with van der Waals surface area (Å²) in [6, 6.07) is 0. The first-order valence-corrected chi connectivity index (χ1v) is 7.00. The van der Waals surface area contributed by atoms with Gasteiger partial charge in [-0.2, -0.15) is 0 Å². The number of ether oxygens (including phenoxy) is 3. The molecule has 0 aliphatic rings. The van der Waals surface area contributed by atoms with Crippen LogP contribution in [0.5, 0.6) is 0 Å². The van der Waals surface area contributed by atoms with Crippen molar-refractivity contribution in [3.05, 3.63) is 0 Å². The van der Waals surface area contributed by atoms with Crippen molar-refractivity contribution in [3.8, 4) is 0 Å². The van der Waals surface area contributed by atoms with E-state index in [4.69, 9.17) is 14.2 Å².